The highest BCUT2D eigenvalue weighted by Gasteiger charge is 2.15. The van der Waals surface area contributed by atoms with Crippen LogP contribution in [0.5, 0.6) is 0 Å². The number of carbonyl (C=O) groups excluding carboxylic acids is 2. The summed E-state index contributed by atoms with van der Waals surface area (Å²) in [6, 6.07) is 13.3. The first-order valence-electron chi connectivity index (χ1n) is 9.46. The van der Waals surface area contributed by atoms with Crippen LogP contribution in [0.1, 0.15) is 41.3 Å². The smallest absolute Gasteiger partial charge is 0.251 e. The van der Waals surface area contributed by atoms with E-state index in [1.54, 1.807) is 13.0 Å². The van der Waals surface area contributed by atoms with E-state index in [0.717, 1.165) is 30.8 Å². The van der Waals surface area contributed by atoms with E-state index in [4.69, 9.17) is 5.73 Å². The van der Waals surface area contributed by atoms with Gasteiger partial charge in [0.05, 0.1) is 0 Å². The van der Waals surface area contributed by atoms with Crippen molar-refractivity contribution in [2.45, 2.75) is 39.3 Å². The number of nitrogens with zero attached hydrogens (tertiary/aromatic N) is 1. The summed E-state index contributed by atoms with van der Waals surface area (Å²) in [7, 11) is 0. The molecular weight excluding hydrogens is 338 g/mol. The van der Waals surface area contributed by atoms with Gasteiger partial charge in [-0.05, 0) is 74.7 Å². The van der Waals surface area contributed by atoms with Crippen LogP contribution in [0.4, 0.5) is 0 Å². The minimum absolute atomic E-state index is 0.298. The summed E-state index contributed by atoms with van der Waals surface area (Å²) < 4.78 is 0. The van der Waals surface area contributed by atoms with Crippen LogP contribution in [-0.2, 0) is 11.3 Å². The van der Waals surface area contributed by atoms with Gasteiger partial charge in [-0.25, -0.2) is 0 Å². The SMILES string of the molecule is Cc1cc(CN2CCCC2)cc(-c2cccc(C(=O)NC(C)C(N)=O)c2)c1. The highest BCUT2D eigenvalue weighted by atomic mass is 16.2. The first-order chi connectivity index (χ1) is 12.9. The molecule has 1 fully saturated rings. The van der Waals surface area contributed by atoms with Gasteiger partial charge in [0.15, 0.2) is 0 Å². The van der Waals surface area contributed by atoms with Crippen molar-refractivity contribution in [1.29, 1.82) is 0 Å². The van der Waals surface area contributed by atoms with Crippen molar-refractivity contribution in [3.63, 3.8) is 0 Å². The summed E-state index contributed by atoms with van der Waals surface area (Å²) in [5.74, 6) is -0.849. The molecule has 1 heterocycles. The molecule has 0 bridgehead atoms. The number of hydrogen-bond donors (Lipinski definition) is 2. The van der Waals surface area contributed by atoms with Gasteiger partial charge < -0.3 is 11.1 Å². The van der Waals surface area contributed by atoms with Crippen LogP contribution in [0.15, 0.2) is 42.5 Å². The molecule has 1 unspecified atom stereocenters. The molecule has 0 aromatic heterocycles. The Hall–Kier alpha value is -2.66. The predicted molar refractivity (Wildman–Crippen MR) is 107 cm³/mol. The molecule has 2 aromatic rings. The number of amides is 2. The number of nitrogens with one attached hydrogen (secondary N) is 1. The first-order valence-corrected chi connectivity index (χ1v) is 9.46. The quantitative estimate of drug-likeness (QED) is 0.826. The van der Waals surface area contributed by atoms with Gasteiger partial charge in [-0.2, -0.15) is 0 Å². The van der Waals surface area contributed by atoms with Gasteiger partial charge in [0.1, 0.15) is 6.04 Å². The normalized spacial score (nSPS) is 15.5. The van der Waals surface area contributed by atoms with Gasteiger partial charge in [-0.3, -0.25) is 14.5 Å². The Bertz CT molecular complexity index is 841. The molecule has 1 aliphatic rings. The lowest BCUT2D eigenvalue weighted by Crippen LogP contribution is -2.42. The Morgan fingerprint density at radius 1 is 1.11 bits per heavy atom. The molecular formula is C22H27N3O2. The summed E-state index contributed by atoms with van der Waals surface area (Å²) in [5.41, 5.74) is 10.3. The molecule has 2 amide bonds. The summed E-state index contributed by atoms with van der Waals surface area (Å²) in [4.78, 5) is 26.0. The van der Waals surface area contributed by atoms with Gasteiger partial charge in [-0.1, -0.05) is 29.8 Å². The van der Waals surface area contributed by atoms with Gasteiger partial charge in [0.25, 0.3) is 5.91 Å². The lowest BCUT2D eigenvalue weighted by molar-refractivity contribution is -0.119. The molecule has 27 heavy (non-hydrogen) atoms. The maximum absolute atomic E-state index is 12.4. The molecule has 3 N–H and O–H groups in total. The molecule has 0 radical (unpaired) electrons. The lowest BCUT2D eigenvalue weighted by Gasteiger charge is -2.16. The molecule has 5 nitrogen and oxygen atoms in total. The van der Waals surface area contributed by atoms with E-state index in [-0.39, 0.29) is 5.91 Å². The number of nitrogens with two attached hydrogens (primary N) is 1. The lowest BCUT2D eigenvalue weighted by atomic mass is 9.98. The van der Waals surface area contributed by atoms with Crippen molar-refractivity contribution in [3.05, 3.63) is 59.2 Å². The van der Waals surface area contributed by atoms with Crippen molar-refractivity contribution in [3.8, 4) is 11.1 Å². The van der Waals surface area contributed by atoms with Crippen molar-refractivity contribution in [2.24, 2.45) is 5.73 Å². The second-order valence-corrected chi connectivity index (χ2v) is 7.37. The first kappa shape index (κ1) is 19.1. The second kappa shape index (κ2) is 8.35. The number of rotatable bonds is 6. The summed E-state index contributed by atoms with van der Waals surface area (Å²) >= 11 is 0. The molecule has 0 saturated carbocycles. The zero-order valence-corrected chi connectivity index (χ0v) is 16.0. The van der Waals surface area contributed by atoms with E-state index < -0.39 is 11.9 Å². The fourth-order valence-electron chi connectivity index (χ4n) is 3.51. The third kappa shape index (κ3) is 4.95. The number of aryl methyl sites for hydroxylation is 1. The van der Waals surface area contributed by atoms with Crippen LogP contribution in [0.2, 0.25) is 0 Å². The molecule has 2 aromatic carbocycles. The highest BCUT2D eigenvalue weighted by Crippen LogP contribution is 2.25. The summed E-state index contributed by atoms with van der Waals surface area (Å²) in [6.07, 6.45) is 2.55. The zero-order valence-electron chi connectivity index (χ0n) is 16.0. The van der Waals surface area contributed by atoms with Gasteiger partial charge in [0, 0.05) is 12.1 Å². The molecule has 1 saturated heterocycles. The molecule has 0 aliphatic carbocycles. The second-order valence-electron chi connectivity index (χ2n) is 7.37. The summed E-state index contributed by atoms with van der Waals surface area (Å²) in [6.45, 7) is 6.97. The van der Waals surface area contributed by atoms with Crippen molar-refractivity contribution in [1.82, 2.24) is 10.2 Å². The number of likely N-dealkylation sites (tertiary alicyclic amines) is 1. The fourth-order valence-corrected chi connectivity index (χ4v) is 3.51. The van der Waals surface area contributed by atoms with Crippen molar-refractivity contribution >= 4 is 11.8 Å². The summed E-state index contributed by atoms with van der Waals surface area (Å²) in [5, 5.41) is 2.63. The largest absolute Gasteiger partial charge is 0.368 e. The van der Waals surface area contributed by atoms with E-state index in [2.05, 4.69) is 35.3 Å². The Kier molecular flexibility index (Phi) is 5.91. The van der Waals surface area contributed by atoms with Crippen LogP contribution >= 0.6 is 0 Å². The maximum atomic E-state index is 12.4. The average Bonchev–Trinajstić information content (AvgIpc) is 3.14. The molecule has 1 aliphatic heterocycles. The van der Waals surface area contributed by atoms with Gasteiger partial charge in [-0.15, -0.1) is 0 Å². The maximum Gasteiger partial charge on any atom is 0.251 e. The van der Waals surface area contributed by atoms with Crippen LogP contribution in [0.3, 0.4) is 0 Å². The van der Waals surface area contributed by atoms with Crippen LogP contribution in [-0.4, -0.2) is 35.8 Å². The van der Waals surface area contributed by atoms with E-state index in [9.17, 15) is 9.59 Å². The minimum Gasteiger partial charge on any atom is -0.368 e. The van der Waals surface area contributed by atoms with Gasteiger partial charge in [0.2, 0.25) is 5.91 Å². The monoisotopic (exact) mass is 365 g/mol. The Labute approximate surface area is 160 Å². The van der Waals surface area contributed by atoms with E-state index in [1.807, 2.05) is 18.2 Å². The Morgan fingerprint density at radius 3 is 2.56 bits per heavy atom. The molecule has 1 atom stereocenters. The zero-order chi connectivity index (χ0) is 19.4. The highest BCUT2D eigenvalue weighted by molar-refractivity contribution is 5.98. The minimum atomic E-state index is -0.702. The molecule has 5 heteroatoms. The van der Waals surface area contributed by atoms with E-state index >= 15 is 0 Å². The predicted octanol–water partition coefficient (Wildman–Crippen LogP) is 2.86. The number of primary amides is 1. The van der Waals surface area contributed by atoms with Crippen LogP contribution in [0, 0.1) is 6.92 Å². The number of carbonyl (C=O) groups is 2. The number of benzene rings is 2. The third-order valence-corrected chi connectivity index (χ3v) is 4.97. The average molecular weight is 365 g/mol. The topological polar surface area (TPSA) is 75.4 Å². The molecule has 3 rings (SSSR count). The Morgan fingerprint density at radius 2 is 1.85 bits per heavy atom. The van der Waals surface area contributed by atoms with Crippen molar-refractivity contribution in [2.75, 3.05) is 13.1 Å². The molecule has 0 spiro atoms. The third-order valence-electron chi connectivity index (χ3n) is 4.97. The standard InChI is InChI=1S/C22H27N3O2/c1-15-10-17(14-25-8-3-4-9-25)12-20(11-15)18-6-5-7-19(13-18)22(27)24-16(2)21(23)26/h5-7,10-13,16H,3-4,8-9,14H2,1-2H3,(H2,23,26)(H,24,27). The van der Waals surface area contributed by atoms with E-state index in [1.165, 1.54) is 24.0 Å². The van der Waals surface area contributed by atoms with Gasteiger partial charge >= 0.3 is 0 Å². The fraction of sp³-hybridized carbons (Fsp3) is 0.364. The van der Waals surface area contributed by atoms with Crippen LogP contribution < -0.4 is 11.1 Å². The van der Waals surface area contributed by atoms with Crippen LogP contribution in [0.25, 0.3) is 11.1 Å². The Balaban J connectivity index is 1.82. The number of hydrogen-bond acceptors (Lipinski definition) is 3. The van der Waals surface area contributed by atoms with Crippen molar-refractivity contribution < 1.29 is 9.59 Å². The van der Waals surface area contributed by atoms with E-state index in [0.29, 0.717) is 5.56 Å². The molecule has 142 valence electrons.